The van der Waals surface area contributed by atoms with Gasteiger partial charge in [0, 0.05) is 37.9 Å². The SMILES string of the molecule is CN1CCN(c2ccc(F)c(F)c2)CC1. The molecule has 1 aliphatic heterocycles. The summed E-state index contributed by atoms with van der Waals surface area (Å²) >= 11 is 0. The predicted octanol–water partition coefficient (Wildman–Crippen LogP) is 1.72. The number of rotatable bonds is 1. The van der Waals surface area contributed by atoms with E-state index < -0.39 is 11.6 Å². The molecule has 0 atom stereocenters. The lowest BCUT2D eigenvalue weighted by molar-refractivity contribution is 0.312. The molecule has 15 heavy (non-hydrogen) atoms. The van der Waals surface area contributed by atoms with Gasteiger partial charge >= 0.3 is 0 Å². The van der Waals surface area contributed by atoms with E-state index in [9.17, 15) is 8.78 Å². The summed E-state index contributed by atoms with van der Waals surface area (Å²) in [5.41, 5.74) is 0.766. The maximum atomic E-state index is 13.0. The summed E-state index contributed by atoms with van der Waals surface area (Å²) in [5, 5.41) is 0. The molecule has 1 aromatic rings. The van der Waals surface area contributed by atoms with E-state index >= 15 is 0 Å². The van der Waals surface area contributed by atoms with E-state index in [2.05, 4.69) is 16.8 Å². The molecule has 1 aliphatic rings. The Morgan fingerprint density at radius 1 is 1.00 bits per heavy atom. The van der Waals surface area contributed by atoms with Crippen molar-refractivity contribution in [3.05, 3.63) is 29.8 Å². The first-order valence-electron chi connectivity index (χ1n) is 5.05. The fourth-order valence-corrected chi connectivity index (χ4v) is 1.75. The van der Waals surface area contributed by atoms with Crippen LogP contribution in [0.4, 0.5) is 14.5 Å². The Balaban J connectivity index is 2.12. The minimum absolute atomic E-state index is 0.766. The summed E-state index contributed by atoms with van der Waals surface area (Å²) in [4.78, 5) is 4.29. The van der Waals surface area contributed by atoms with Gasteiger partial charge in [0.15, 0.2) is 11.6 Å². The molecule has 0 unspecified atom stereocenters. The van der Waals surface area contributed by atoms with Gasteiger partial charge in [-0.1, -0.05) is 0 Å². The minimum atomic E-state index is -0.784. The van der Waals surface area contributed by atoms with Gasteiger partial charge in [0.1, 0.15) is 0 Å². The molecule has 0 saturated carbocycles. The molecule has 0 aliphatic carbocycles. The molecule has 1 fully saturated rings. The Bertz CT molecular complexity index is 346. The molecule has 0 radical (unpaired) electrons. The second kappa shape index (κ2) is 4.14. The first-order chi connectivity index (χ1) is 7.16. The van der Waals surface area contributed by atoms with Crippen LogP contribution in [0.5, 0.6) is 0 Å². The van der Waals surface area contributed by atoms with Crippen molar-refractivity contribution in [2.75, 3.05) is 38.1 Å². The van der Waals surface area contributed by atoms with Gasteiger partial charge in [-0.15, -0.1) is 0 Å². The molecule has 0 bridgehead atoms. The Morgan fingerprint density at radius 3 is 2.27 bits per heavy atom. The first-order valence-corrected chi connectivity index (χ1v) is 5.05. The first kappa shape index (κ1) is 10.4. The molecule has 4 heteroatoms. The molecule has 0 N–H and O–H groups in total. The number of nitrogens with zero attached hydrogens (tertiary/aromatic N) is 2. The van der Waals surface area contributed by atoms with E-state index in [1.807, 2.05) is 0 Å². The molecule has 2 rings (SSSR count). The molecule has 1 heterocycles. The largest absolute Gasteiger partial charge is 0.369 e. The van der Waals surface area contributed by atoms with Gasteiger partial charge in [0.2, 0.25) is 0 Å². The van der Waals surface area contributed by atoms with E-state index in [0.29, 0.717) is 0 Å². The van der Waals surface area contributed by atoms with Crippen molar-refractivity contribution in [2.24, 2.45) is 0 Å². The van der Waals surface area contributed by atoms with E-state index in [4.69, 9.17) is 0 Å². The van der Waals surface area contributed by atoms with Crippen molar-refractivity contribution in [3.8, 4) is 0 Å². The fraction of sp³-hybridized carbons (Fsp3) is 0.455. The van der Waals surface area contributed by atoms with Crippen LogP contribution in [0.3, 0.4) is 0 Å². The quantitative estimate of drug-likeness (QED) is 0.699. The monoisotopic (exact) mass is 212 g/mol. The molecule has 0 spiro atoms. The van der Waals surface area contributed by atoms with E-state index in [0.717, 1.165) is 31.9 Å². The lowest BCUT2D eigenvalue weighted by Gasteiger charge is -2.34. The van der Waals surface area contributed by atoms with Gasteiger partial charge in [-0.3, -0.25) is 0 Å². The van der Waals surface area contributed by atoms with E-state index in [1.54, 1.807) is 6.07 Å². The van der Waals surface area contributed by atoms with Crippen LogP contribution in [-0.2, 0) is 0 Å². The molecule has 0 amide bonds. The normalized spacial score (nSPS) is 18.2. The van der Waals surface area contributed by atoms with Crippen LogP contribution in [0, 0.1) is 11.6 Å². The van der Waals surface area contributed by atoms with Crippen LogP contribution in [0.1, 0.15) is 0 Å². The minimum Gasteiger partial charge on any atom is -0.369 e. The average molecular weight is 212 g/mol. The zero-order chi connectivity index (χ0) is 10.8. The Hall–Kier alpha value is -1.16. The van der Waals surface area contributed by atoms with Crippen LogP contribution < -0.4 is 4.90 Å². The van der Waals surface area contributed by atoms with Crippen molar-refractivity contribution < 1.29 is 8.78 Å². The second-order valence-corrected chi connectivity index (χ2v) is 3.89. The lowest BCUT2D eigenvalue weighted by atomic mass is 10.2. The van der Waals surface area contributed by atoms with Crippen LogP contribution in [0.15, 0.2) is 18.2 Å². The summed E-state index contributed by atoms with van der Waals surface area (Å²) in [6, 6.07) is 4.08. The highest BCUT2D eigenvalue weighted by molar-refractivity contribution is 5.47. The zero-order valence-electron chi connectivity index (χ0n) is 8.71. The van der Waals surface area contributed by atoms with Gasteiger partial charge in [-0.2, -0.15) is 0 Å². The molecular formula is C11H14F2N2. The predicted molar refractivity (Wildman–Crippen MR) is 56.1 cm³/mol. The fourth-order valence-electron chi connectivity index (χ4n) is 1.75. The molecular weight excluding hydrogens is 198 g/mol. The topological polar surface area (TPSA) is 6.48 Å². The Morgan fingerprint density at radius 2 is 1.67 bits per heavy atom. The van der Waals surface area contributed by atoms with Crippen molar-refractivity contribution in [3.63, 3.8) is 0 Å². The van der Waals surface area contributed by atoms with Gasteiger partial charge < -0.3 is 9.80 Å². The maximum absolute atomic E-state index is 13.0. The number of halogens is 2. The third-order valence-electron chi connectivity index (χ3n) is 2.77. The van der Waals surface area contributed by atoms with Gasteiger partial charge in [0.25, 0.3) is 0 Å². The zero-order valence-corrected chi connectivity index (χ0v) is 8.71. The molecule has 2 nitrogen and oxygen atoms in total. The number of hydrogen-bond donors (Lipinski definition) is 0. The van der Waals surface area contributed by atoms with Gasteiger partial charge in [-0.05, 0) is 19.2 Å². The maximum Gasteiger partial charge on any atom is 0.160 e. The molecule has 82 valence electrons. The third-order valence-corrected chi connectivity index (χ3v) is 2.77. The summed E-state index contributed by atoms with van der Waals surface area (Å²) in [5.74, 6) is -1.56. The van der Waals surface area contributed by atoms with Crippen LogP contribution in [0.25, 0.3) is 0 Å². The van der Waals surface area contributed by atoms with Crippen molar-refractivity contribution in [1.82, 2.24) is 4.90 Å². The summed E-state index contributed by atoms with van der Waals surface area (Å²) in [6.45, 7) is 3.64. The van der Waals surface area contributed by atoms with Crippen molar-refractivity contribution >= 4 is 5.69 Å². The number of hydrogen-bond acceptors (Lipinski definition) is 2. The average Bonchev–Trinajstić information content (AvgIpc) is 2.23. The smallest absolute Gasteiger partial charge is 0.160 e. The molecule has 1 aromatic carbocycles. The van der Waals surface area contributed by atoms with Crippen LogP contribution >= 0.6 is 0 Å². The van der Waals surface area contributed by atoms with Gasteiger partial charge in [0.05, 0.1) is 0 Å². The highest BCUT2D eigenvalue weighted by Gasteiger charge is 2.15. The number of piperazine rings is 1. The third kappa shape index (κ3) is 2.26. The highest BCUT2D eigenvalue weighted by atomic mass is 19.2. The van der Waals surface area contributed by atoms with Crippen molar-refractivity contribution in [2.45, 2.75) is 0 Å². The van der Waals surface area contributed by atoms with Crippen LogP contribution in [-0.4, -0.2) is 38.1 Å². The molecule has 0 aromatic heterocycles. The summed E-state index contributed by atoms with van der Waals surface area (Å²) in [6.07, 6.45) is 0. The summed E-state index contributed by atoms with van der Waals surface area (Å²) < 4.78 is 25.7. The number of benzene rings is 1. The van der Waals surface area contributed by atoms with E-state index in [1.165, 1.54) is 12.1 Å². The van der Waals surface area contributed by atoms with Gasteiger partial charge in [-0.25, -0.2) is 8.78 Å². The lowest BCUT2D eigenvalue weighted by Crippen LogP contribution is -2.44. The number of likely N-dealkylation sites (N-methyl/N-ethyl adjacent to an activating group) is 1. The molecule has 1 saturated heterocycles. The van der Waals surface area contributed by atoms with Crippen molar-refractivity contribution in [1.29, 1.82) is 0 Å². The summed E-state index contributed by atoms with van der Waals surface area (Å²) in [7, 11) is 2.06. The van der Waals surface area contributed by atoms with E-state index in [-0.39, 0.29) is 0 Å². The Labute approximate surface area is 88.1 Å². The Kier molecular flexibility index (Phi) is 2.86. The number of anilines is 1. The van der Waals surface area contributed by atoms with Crippen LogP contribution in [0.2, 0.25) is 0 Å². The standard InChI is InChI=1S/C11H14F2N2/c1-14-4-6-15(7-5-14)9-2-3-10(12)11(13)8-9/h2-3,8H,4-7H2,1H3. The highest BCUT2D eigenvalue weighted by Crippen LogP contribution is 2.18. The second-order valence-electron chi connectivity index (χ2n) is 3.89.